The minimum absolute atomic E-state index is 0.292. The molecule has 0 aromatic heterocycles. The standard InChI is InChI=1S/C15H13BrClFO2/c1-19-13-7-11(12(18)8-14(13)20-2)15(16)9-3-5-10(17)6-4-9/h3-8,15H,1-2H3. The van der Waals surface area contributed by atoms with Gasteiger partial charge in [-0.2, -0.15) is 0 Å². The third-order valence-electron chi connectivity index (χ3n) is 2.94. The zero-order chi connectivity index (χ0) is 14.7. The van der Waals surface area contributed by atoms with E-state index in [2.05, 4.69) is 15.9 Å². The van der Waals surface area contributed by atoms with Crippen LogP contribution in [0.3, 0.4) is 0 Å². The van der Waals surface area contributed by atoms with Crippen molar-refractivity contribution in [2.45, 2.75) is 4.83 Å². The first-order valence-electron chi connectivity index (χ1n) is 5.87. The fraction of sp³-hybridized carbons (Fsp3) is 0.200. The van der Waals surface area contributed by atoms with Gasteiger partial charge in [0.15, 0.2) is 11.5 Å². The van der Waals surface area contributed by atoms with E-state index in [-0.39, 0.29) is 10.6 Å². The van der Waals surface area contributed by atoms with Gasteiger partial charge < -0.3 is 9.47 Å². The number of rotatable bonds is 4. The van der Waals surface area contributed by atoms with Crippen LogP contribution in [0.25, 0.3) is 0 Å². The molecule has 0 aliphatic heterocycles. The number of methoxy groups -OCH3 is 2. The molecule has 2 rings (SSSR count). The molecule has 0 aliphatic carbocycles. The highest BCUT2D eigenvalue weighted by molar-refractivity contribution is 9.09. The zero-order valence-corrected chi connectivity index (χ0v) is 13.3. The lowest BCUT2D eigenvalue weighted by atomic mass is 10.0. The van der Waals surface area contributed by atoms with Gasteiger partial charge in [-0.05, 0) is 23.8 Å². The summed E-state index contributed by atoms with van der Waals surface area (Å²) in [7, 11) is 2.99. The summed E-state index contributed by atoms with van der Waals surface area (Å²) >= 11 is 9.35. The zero-order valence-electron chi connectivity index (χ0n) is 11.0. The molecule has 20 heavy (non-hydrogen) atoms. The summed E-state index contributed by atoms with van der Waals surface area (Å²) < 4.78 is 24.5. The lowest BCUT2D eigenvalue weighted by Gasteiger charge is -2.15. The summed E-state index contributed by atoms with van der Waals surface area (Å²) in [5, 5.41) is 0.640. The molecule has 106 valence electrons. The molecule has 0 N–H and O–H groups in total. The normalized spacial score (nSPS) is 12.1. The average molecular weight is 360 g/mol. The second kappa shape index (κ2) is 6.46. The number of ether oxygens (including phenoxy) is 2. The van der Waals surface area contributed by atoms with E-state index in [1.54, 1.807) is 18.2 Å². The molecule has 0 fully saturated rings. The van der Waals surface area contributed by atoms with Crippen LogP contribution in [0.2, 0.25) is 5.02 Å². The van der Waals surface area contributed by atoms with Crippen LogP contribution in [0.4, 0.5) is 4.39 Å². The lowest BCUT2D eigenvalue weighted by molar-refractivity contribution is 0.351. The van der Waals surface area contributed by atoms with Crippen LogP contribution < -0.4 is 9.47 Å². The summed E-state index contributed by atoms with van der Waals surface area (Å²) in [6, 6.07) is 10.2. The first-order valence-corrected chi connectivity index (χ1v) is 7.17. The van der Waals surface area contributed by atoms with Crippen molar-refractivity contribution in [3.05, 3.63) is 58.4 Å². The minimum Gasteiger partial charge on any atom is -0.493 e. The smallest absolute Gasteiger partial charge is 0.163 e. The highest BCUT2D eigenvalue weighted by atomic mass is 79.9. The molecule has 0 aliphatic rings. The van der Waals surface area contributed by atoms with Crippen LogP contribution in [0, 0.1) is 5.82 Å². The number of benzene rings is 2. The van der Waals surface area contributed by atoms with Crippen LogP contribution in [0.15, 0.2) is 36.4 Å². The van der Waals surface area contributed by atoms with Crippen molar-refractivity contribution < 1.29 is 13.9 Å². The molecule has 0 bridgehead atoms. The molecule has 0 amide bonds. The Balaban J connectivity index is 2.43. The van der Waals surface area contributed by atoms with Gasteiger partial charge in [-0.1, -0.05) is 39.7 Å². The number of hydrogen-bond donors (Lipinski definition) is 0. The fourth-order valence-corrected chi connectivity index (χ4v) is 2.66. The maximum atomic E-state index is 14.2. The maximum Gasteiger partial charge on any atom is 0.163 e. The van der Waals surface area contributed by atoms with Crippen molar-refractivity contribution in [2.24, 2.45) is 0 Å². The first kappa shape index (κ1) is 15.1. The van der Waals surface area contributed by atoms with E-state index >= 15 is 0 Å². The van der Waals surface area contributed by atoms with Crippen molar-refractivity contribution in [1.29, 1.82) is 0 Å². The molecular formula is C15H13BrClFO2. The van der Waals surface area contributed by atoms with Crippen molar-refractivity contribution in [3.63, 3.8) is 0 Å². The van der Waals surface area contributed by atoms with Crippen molar-refractivity contribution in [3.8, 4) is 11.5 Å². The second-order valence-electron chi connectivity index (χ2n) is 4.14. The third-order valence-corrected chi connectivity index (χ3v) is 4.21. The van der Waals surface area contributed by atoms with Crippen LogP contribution in [0.1, 0.15) is 16.0 Å². The second-order valence-corrected chi connectivity index (χ2v) is 5.49. The number of halogens is 3. The fourth-order valence-electron chi connectivity index (χ4n) is 1.88. The molecule has 2 nitrogen and oxygen atoms in total. The lowest BCUT2D eigenvalue weighted by Crippen LogP contribution is -2.00. The summed E-state index contributed by atoms with van der Waals surface area (Å²) in [4.78, 5) is -0.292. The molecule has 1 atom stereocenters. The predicted molar refractivity (Wildman–Crippen MR) is 81.7 cm³/mol. The Bertz CT molecular complexity index is 602. The van der Waals surface area contributed by atoms with E-state index in [4.69, 9.17) is 21.1 Å². The van der Waals surface area contributed by atoms with E-state index in [0.29, 0.717) is 22.1 Å². The highest BCUT2D eigenvalue weighted by Gasteiger charge is 2.18. The van der Waals surface area contributed by atoms with E-state index in [0.717, 1.165) is 5.56 Å². The summed E-state index contributed by atoms with van der Waals surface area (Å²) in [6.07, 6.45) is 0. The van der Waals surface area contributed by atoms with Gasteiger partial charge in [-0.3, -0.25) is 0 Å². The van der Waals surface area contributed by atoms with Gasteiger partial charge in [-0.15, -0.1) is 0 Å². The van der Waals surface area contributed by atoms with Gasteiger partial charge in [0.2, 0.25) is 0 Å². The highest BCUT2D eigenvalue weighted by Crippen LogP contribution is 2.38. The molecule has 0 saturated heterocycles. The Morgan fingerprint density at radius 1 is 1.05 bits per heavy atom. The quantitative estimate of drug-likeness (QED) is 0.717. The summed E-state index contributed by atoms with van der Waals surface area (Å²) in [5.74, 6) is 0.492. The Morgan fingerprint density at radius 2 is 1.60 bits per heavy atom. The molecule has 0 heterocycles. The Hall–Kier alpha value is -1.26. The molecular weight excluding hydrogens is 347 g/mol. The summed E-state index contributed by atoms with van der Waals surface area (Å²) in [5.41, 5.74) is 1.38. The van der Waals surface area contributed by atoms with Gasteiger partial charge >= 0.3 is 0 Å². The van der Waals surface area contributed by atoms with Crippen molar-refractivity contribution >= 4 is 27.5 Å². The average Bonchev–Trinajstić information content (AvgIpc) is 2.47. The Labute approximate surface area is 130 Å². The minimum atomic E-state index is -0.362. The van der Waals surface area contributed by atoms with Gasteiger partial charge in [-0.25, -0.2) is 4.39 Å². The van der Waals surface area contributed by atoms with Gasteiger partial charge in [0, 0.05) is 16.7 Å². The van der Waals surface area contributed by atoms with E-state index in [1.807, 2.05) is 12.1 Å². The maximum absolute atomic E-state index is 14.2. The topological polar surface area (TPSA) is 18.5 Å². The van der Waals surface area contributed by atoms with Crippen molar-refractivity contribution in [1.82, 2.24) is 0 Å². The van der Waals surface area contributed by atoms with Gasteiger partial charge in [0.05, 0.1) is 19.0 Å². The van der Waals surface area contributed by atoms with E-state index in [1.165, 1.54) is 20.3 Å². The Kier molecular flexibility index (Phi) is 4.89. The molecule has 1 unspecified atom stereocenters. The predicted octanol–water partition coefficient (Wildman–Crippen LogP) is 4.98. The molecule has 0 spiro atoms. The summed E-state index contributed by atoms with van der Waals surface area (Å²) in [6.45, 7) is 0. The largest absolute Gasteiger partial charge is 0.493 e. The SMILES string of the molecule is COc1cc(F)c(C(Br)c2ccc(Cl)cc2)cc1OC. The number of hydrogen-bond acceptors (Lipinski definition) is 2. The first-order chi connectivity index (χ1) is 9.56. The van der Waals surface area contributed by atoms with Gasteiger partial charge in [0.1, 0.15) is 5.82 Å². The van der Waals surface area contributed by atoms with Crippen LogP contribution in [-0.4, -0.2) is 14.2 Å². The molecule has 2 aromatic carbocycles. The monoisotopic (exact) mass is 358 g/mol. The van der Waals surface area contributed by atoms with Gasteiger partial charge in [0.25, 0.3) is 0 Å². The molecule has 0 radical (unpaired) electrons. The van der Waals surface area contributed by atoms with E-state index in [9.17, 15) is 4.39 Å². The van der Waals surface area contributed by atoms with Crippen LogP contribution in [0.5, 0.6) is 11.5 Å². The van der Waals surface area contributed by atoms with Crippen molar-refractivity contribution in [2.75, 3.05) is 14.2 Å². The molecule has 5 heteroatoms. The molecule has 0 saturated carbocycles. The van der Waals surface area contributed by atoms with E-state index < -0.39 is 0 Å². The third kappa shape index (κ3) is 3.07. The number of alkyl halides is 1. The van der Waals surface area contributed by atoms with Crippen LogP contribution in [-0.2, 0) is 0 Å². The van der Waals surface area contributed by atoms with Crippen LogP contribution >= 0.6 is 27.5 Å². The molecule has 2 aromatic rings. The Morgan fingerprint density at radius 3 is 2.15 bits per heavy atom.